The van der Waals surface area contributed by atoms with Crippen molar-refractivity contribution in [3.63, 3.8) is 0 Å². The molecule has 0 aliphatic heterocycles. The summed E-state index contributed by atoms with van der Waals surface area (Å²) in [5, 5.41) is 4.34. The van der Waals surface area contributed by atoms with Crippen LogP contribution in [0.25, 0.3) is 0 Å². The molecule has 0 saturated carbocycles. The normalized spacial score (nSPS) is 12.7. The van der Waals surface area contributed by atoms with Gasteiger partial charge in [-0.05, 0) is 38.0 Å². The summed E-state index contributed by atoms with van der Waals surface area (Å²) < 4.78 is 20.7. The molecule has 3 N–H and O–H groups in total. The summed E-state index contributed by atoms with van der Waals surface area (Å²) in [6.45, 7) is 5.78. The topological polar surface area (TPSA) is 65.1 Å². The zero-order valence-corrected chi connectivity index (χ0v) is 12.7. The van der Waals surface area contributed by atoms with Crippen LogP contribution in [-0.4, -0.2) is 16.9 Å². The first-order valence-electron chi connectivity index (χ1n) is 6.83. The van der Waals surface area contributed by atoms with Crippen molar-refractivity contribution >= 4 is 0 Å². The lowest BCUT2D eigenvalue weighted by molar-refractivity contribution is 0.394. The molecule has 0 saturated heterocycles. The summed E-state index contributed by atoms with van der Waals surface area (Å²) in [6, 6.07) is 4.75. The number of ether oxygens (including phenoxy) is 1. The van der Waals surface area contributed by atoms with Crippen molar-refractivity contribution in [3.05, 3.63) is 47.0 Å². The number of methoxy groups -OCH3 is 1. The van der Waals surface area contributed by atoms with E-state index < -0.39 is 0 Å². The average molecular weight is 292 g/mol. The molecule has 5 nitrogen and oxygen atoms in total. The zero-order chi connectivity index (χ0) is 15.6. The summed E-state index contributed by atoms with van der Waals surface area (Å²) >= 11 is 0. The Hall–Kier alpha value is -1.92. The Kier molecular flexibility index (Phi) is 4.59. The highest BCUT2D eigenvalue weighted by atomic mass is 19.1. The molecule has 6 heteroatoms. The minimum Gasteiger partial charge on any atom is -0.493 e. The van der Waals surface area contributed by atoms with Gasteiger partial charge in [-0.15, -0.1) is 0 Å². The highest BCUT2D eigenvalue weighted by Crippen LogP contribution is 2.32. The van der Waals surface area contributed by atoms with E-state index in [2.05, 4.69) is 10.5 Å². The first kappa shape index (κ1) is 15.5. The Bertz CT molecular complexity index is 624. The number of aromatic nitrogens is 2. The fraction of sp³-hybridized carbons (Fsp3) is 0.400. The number of nitrogens with one attached hydrogen (secondary N) is 1. The number of halogens is 1. The van der Waals surface area contributed by atoms with E-state index in [9.17, 15) is 4.39 Å². The number of nitrogens with two attached hydrogens (primary N) is 1. The van der Waals surface area contributed by atoms with Gasteiger partial charge in [-0.2, -0.15) is 5.10 Å². The van der Waals surface area contributed by atoms with Crippen molar-refractivity contribution < 1.29 is 9.13 Å². The molecular weight excluding hydrogens is 271 g/mol. The molecule has 1 aromatic carbocycles. The first-order valence-corrected chi connectivity index (χ1v) is 6.83. The summed E-state index contributed by atoms with van der Waals surface area (Å²) in [5.74, 6) is 6.15. The van der Waals surface area contributed by atoms with Gasteiger partial charge >= 0.3 is 0 Å². The van der Waals surface area contributed by atoms with Gasteiger partial charge in [0.2, 0.25) is 0 Å². The average Bonchev–Trinajstić information content (AvgIpc) is 2.87. The Morgan fingerprint density at radius 3 is 2.62 bits per heavy atom. The van der Waals surface area contributed by atoms with Crippen molar-refractivity contribution in [3.8, 4) is 5.75 Å². The minimum atomic E-state index is -0.329. The Morgan fingerprint density at radius 1 is 1.38 bits per heavy atom. The van der Waals surface area contributed by atoms with Gasteiger partial charge in [0.05, 0.1) is 19.3 Å². The van der Waals surface area contributed by atoms with Gasteiger partial charge in [-0.25, -0.2) is 9.82 Å². The minimum absolute atomic E-state index is 0.154. The van der Waals surface area contributed by atoms with E-state index in [1.807, 2.05) is 18.5 Å². The van der Waals surface area contributed by atoms with E-state index in [0.717, 1.165) is 11.3 Å². The maximum absolute atomic E-state index is 13.5. The van der Waals surface area contributed by atoms with Crippen molar-refractivity contribution in [1.82, 2.24) is 15.2 Å². The molecule has 1 atom stereocenters. The van der Waals surface area contributed by atoms with Crippen molar-refractivity contribution in [2.24, 2.45) is 5.84 Å². The van der Waals surface area contributed by atoms with Crippen molar-refractivity contribution in [1.29, 1.82) is 0 Å². The smallest absolute Gasteiger partial charge is 0.161 e. The monoisotopic (exact) mass is 292 g/mol. The zero-order valence-electron chi connectivity index (χ0n) is 12.7. The van der Waals surface area contributed by atoms with Crippen LogP contribution in [0.3, 0.4) is 0 Å². The molecule has 0 spiro atoms. The fourth-order valence-corrected chi connectivity index (χ4v) is 2.38. The number of hydrogen-bond donors (Lipinski definition) is 2. The standard InChI is InChI=1S/C15H21FN4O/c1-9(2)20-15(13(21-4)8-18-20)14(19-17)11-5-6-12(16)10(3)7-11/h5-9,14,19H,17H2,1-4H3. The van der Waals surface area contributed by atoms with Crippen LogP contribution in [0.4, 0.5) is 4.39 Å². The number of aryl methyl sites for hydroxylation is 1. The number of hydrogen-bond acceptors (Lipinski definition) is 4. The molecule has 2 aromatic rings. The highest BCUT2D eigenvalue weighted by Gasteiger charge is 2.24. The van der Waals surface area contributed by atoms with E-state index in [4.69, 9.17) is 10.6 Å². The van der Waals surface area contributed by atoms with Gasteiger partial charge < -0.3 is 4.74 Å². The van der Waals surface area contributed by atoms with Gasteiger partial charge in [-0.1, -0.05) is 12.1 Å². The third-order valence-electron chi connectivity index (χ3n) is 3.46. The van der Waals surface area contributed by atoms with Gasteiger partial charge in [0.25, 0.3) is 0 Å². The molecule has 0 bridgehead atoms. The van der Waals surface area contributed by atoms with E-state index in [-0.39, 0.29) is 17.9 Å². The quantitative estimate of drug-likeness (QED) is 0.656. The molecule has 21 heavy (non-hydrogen) atoms. The Morgan fingerprint density at radius 2 is 2.10 bits per heavy atom. The van der Waals surface area contributed by atoms with E-state index in [1.165, 1.54) is 6.07 Å². The largest absolute Gasteiger partial charge is 0.493 e. The van der Waals surface area contributed by atoms with Gasteiger partial charge in [0.1, 0.15) is 11.5 Å². The van der Waals surface area contributed by atoms with Crippen LogP contribution in [0.15, 0.2) is 24.4 Å². The van der Waals surface area contributed by atoms with E-state index in [0.29, 0.717) is 11.3 Å². The van der Waals surface area contributed by atoms with Crippen LogP contribution in [-0.2, 0) is 0 Å². The second-order valence-corrected chi connectivity index (χ2v) is 5.24. The van der Waals surface area contributed by atoms with Crippen LogP contribution < -0.4 is 16.0 Å². The van der Waals surface area contributed by atoms with Crippen LogP contribution in [0, 0.1) is 12.7 Å². The van der Waals surface area contributed by atoms with Gasteiger partial charge in [0, 0.05) is 6.04 Å². The maximum atomic E-state index is 13.5. The maximum Gasteiger partial charge on any atom is 0.161 e. The number of benzene rings is 1. The lowest BCUT2D eigenvalue weighted by atomic mass is 10.0. The molecule has 0 amide bonds. The third kappa shape index (κ3) is 2.91. The second-order valence-electron chi connectivity index (χ2n) is 5.24. The molecule has 0 radical (unpaired) electrons. The number of rotatable bonds is 5. The third-order valence-corrected chi connectivity index (χ3v) is 3.46. The summed E-state index contributed by atoms with van der Waals surface area (Å²) in [6.07, 6.45) is 1.66. The Labute approximate surface area is 123 Å². The first-order chi connectivity index (χ1) is 9.99. The molecule has 1 aromatic heterocycles. The lowest BCUT2D eigenvalue weighted by Crippen LogP contribution is -2.31. The van der Waals surface area contributed by atoms with E-state index in [1.54, 1.807) is 32.4 Å². The SMILES string of the molecule is COc1cnn(C(C)C)c1C(NN)c1ccc(F)c(C)c1. The van der Waals surface area contributed by atoms with Gasteiger partial charge in [0.15, 0.2) is 5.75 Å². The predicted octanol–water partition coefficient (Wildman–Crippen LogP) is 2.47. The molecule has 0 aliphatic carbocycles. The van der Waals surface area contributed by atoms with Crippen LogP contribution in [0.5, 0.6) is 5.75 Å². The highest BCUT2D eigenvalue weighted by molar-refractivity contribution is 5.38. The summed E-state index contributed by atoms with van der Waals surface area (Å²) in [5.41, 5.74) is 5.02. The second kappa shape index (κ2) is 6.24. The lowest BCUT2D eigenvalue weighted by Gasteiger charge is -2.21. The molecular formula is C15H21FN4O. The summed E-state index contributed by atoms with van der Waals surface area (Å²) in [4.78, 5) is 0. The van der Waals surface area contributed by atoms with E-state index >= 15 is 0 Å². The fourth-order valence-electron chi connectivity index (χ4n) is 2.38. The summed E-state index contributed by atoms with van der Waals surface area (Å²) in [7, 11) is 1.59. The number of nitrogens with zero attached hydrogens (tertiary/aromatic N) is 2. The van der Waals surface area contributed by atoms with Gasteiger partial charge in [-0.3, -0.25) is 10.5 Å². The predicted molar refractivity (Wildman–Crippen MR) is 79.5 cm³/mol. The van der Waals surface area contributed by atoms with Crippen molar-refractivity contribution in [2.75, 3.05) is 7.11 Å². The molecule has 1 unspecified atom stereocenters. The van der Waals surface area contributed by atoms with Crippen LogP contribution >= 0.6 is 0 Å². The van der Waals surface area contributed by atoms with Crippen LogP contribution in [0.1, 0.15) is 42.8 Å². The molecule has 0 fully saturated rings. The van der Waals surface area contributed by atoms with Crippen LogP contribution in [0.2, 0.25) is 0 Å². The van der Waals surface area contributed by atoms with Crippen molar-refractivity contribution in [2.45, 2.75) is 32.9 Å². The molecule has 2 rings (SSSR count). The number of hydrazine groups is 1. The molecule has 1 heterocycles. The Balaban J connectivity index is 2.55. The molecule has 0 aliphatic rings. The molecule has 114 valence electrons.